The minimum Gasteiger partial charge on any atom is -0.497 e. The van der Waals surface area contributed by atoms with E-state index in [-0.39, 0.29) is 24.0 Å². The number of nitrogens with zero attached hydrogens (tertiary/aromatic N) is 2. The average Bonchev–Trinajstić information content (AvgIpc) is 2.58. The second kappa shape index (κ2) is 11.4. The van der Waals surface area contributed by atoms with Crippen LogP contribution in [0.4, 0.5) is 0 Å². The molecule has 1 saturated heterocycles. The van der Waals surface area contributed by atoms with Gasteiger partial charge in [-0.25, -0.2) is 0 Å². The first kappa shape index (κ1) is 20.9. The zero-order valence-electron chi connectivity index (χ0n) is 15.0. The maximum atomic E-state index is 5.73. The molecule has 1 N–H and O–H groups in total. The van der Waals surface area contributed by atoms with Gasteiger partial charge in [0.25, 0.3) is 0 Å². The van der Waals surface area contributed by atoms with Gasteiger partial charge in [-0.05, 0) is 49.4 Å². The average molecular weight is 447 g/mol. The first-order chi connectivity index (χ1) is 11.2. The Kier molecular flexibility index (Phi) is 9.90. The summed E-state index contributed by atoms with van der Waals surface area (Å²) in [6.45, 7) is 6.07. The van der Waals surface area contributed by atoms with Gasteiger partial charge in [0, 0.05) is 26.7 Å². The van der Waals surface area contributed by atoms with Gasteiger partial charge in [0.1, 0.15) is 11.5 Å². The van der Waals surface area contributed by atoms with Crippen LogP contribution in [0.5, 0.6) is 11.5 Å². The predicted octanol–water partition coefficient (Wildman–Crippen LogP) is 3.39. The third-order valence-electron chi connectivity index (χ3n) is 4.10. The maximum absolute atomic E-state index is 5.73. The Labute approximate surface area is 162 Å². The summed E-state index contributed by atoms with van der Waals surface area (Å²) in [6, 6.07) is 7.68. The molecular weight excluding hydrogens is 417 g/mol. The van der Waals surface area contributed by atoms with Crippen molar-refractivity contribution in [2.75, 3.05) is 40.4 Å². The molecule has 0 spiro atoms. The number of hydrogen-bond acceptors (Lipinski definition) is 3. The molecule has 1 unspecified atom stereocenters. The molecule has 0 saturated carbocycles. The summed E-state index contributed by atoms with van der Waals surface area (Å²) in [4.78, 5) is 6.76. The van der Waals surface area contributed by atoms with Crippen molar-refractivity contribution in [3.63, 3.8) is 0 Å². The number of halogens is 1. The van der Waals surface area contributed by atoms with Crippen LogP contribution < -0.4 is 14.8 Å². The number of benzene rings is 1. The van der Waals surface area contributed by atoms with Crippen molar-refractivity contribution in [1.82, 2.24) is 10.2 Å². The fourth-order valence-corrected chi connectivity index (χ4v) is 2.85. The summed E-state index contributed by atoms with van der Waals surface area (Å²) in [5.74, 6) is 3.49. The Hall–Kier alpha value is -1.18. The molecule has 6 heteroatoms. The van der Waals surface area contributed by atoms with Crippen molar-refractivity contribution in [2.24, 2.45) is 10.9 Å². The Balaban J connectivity index is 0.00000288. The van der Waals surface area contributed by atoms with Gasteiger partial charge >= 0.3 is 0 Å². The Morgan fingerprint density at radius 3 is 2.62 bits per heavy atom. The summed E-state index contributed by atoms with van der Waals surface area (Å²) in [6.07, 6.45) is 3.51. The third kappa shape index (κ3) is 6.75. The van der Waals surface area contributed by atoms with Crippen LogP contribution >= 0.6 is 24.0 Å². The quantitative estimate of drug-likeness (QED) is 0.314. The lowest BCUT2D eigenvalue weighted by atomic mass is 10.0. The zero-order chi connectivity index (χ0) is 16.5. The number of aliphatic imine (C=N–C) groups is 1. The smallest absolute Gasteiger partial charge is 0.193 e. The first-order valence-corrected chi connectivity index (χ1v) is 8.45. The highest BCUT2D eigenvalue weighted by molar-refractivity contribution is 14.0. The number of hydrogen-bond donors (Lipinski definition) is 1. The van der Waals surface area contributed by atoms with Crippen molar-refractivity contribution in [3.05, 3.63) is 24.3 Å². The number of nitrogens with one attached hydrogen (secondary N) is 1. The highest BCUT2D eigenvalue weighted by Gasteiger charge is 2.18. The molecule has 0 amide bonds. The highest BCUT2D eigenvalue weighted by Crippen LogP contribution is 2.17. The lowest BCUT2D eigenvalue weighted by Gasteiger charge is -2.33. The van der Waals surface area contributed by atoms with Gasteiger partial charge in [-0.15, -0.1) is 24.0 Å². The van der Waals surface area contributed by atoms with E-state index >= 15 is 0 Å². The summed E-state index contributed by atoms with van der Waals surface area (Å²) < 4.78 is 10.9. The Morgan fingerprint density at radius 1 is 1.29 bits per heavy atom. The number of rotatable bonds is 6. The van der Waals surface area contributed by atoms with Crippen LogP contribution in [0.3, 0.4) is 0 Å². The fraction of sp³-hybridized carbons (Fsp3) is 0.611. The van der Waals surface area contributed by atoms with Crippen LogP contribution in [0, 0.1) is 5.92 Å². The standard InChI is InChI=1S/C18H29N3O2.HI/c1-15-6-4-12-21(14-15)18(19-2)20-11-5-13-23-17-9-7-16(22-3)8-10-17;/h7-10,15H,4-6,11-14H2,1-3H3,(H,19,20);1H. The third-order valence-corrected chi connectivity index (χ3v) is 4.10. The van der Waals surface area contributed by atoms with E-state index in [4.69, 9.17) is 9.47 Å². The number of ether oxygens (including phenoxy) is 2. The second-order valence-corrected chi connectivity index (χ2v) is 6.04. The summed E-state index contributed by atoms with van der Waals surface area (Å²) >= 11 is 0. The van der Waals surface area contributed by atoms with E-state index in [1.807, 2.05) is 31.3 Å². The first-order valence-electron chi connectivity index (χ1n) is 8.45. The molecule has 0 bridgehead atoms. The van der Waals surface area contributed by atoms with E-state index in [0.29, 0.717) is 6.61 Å². The number of piperidine rings is 1. The zero-order valence-corrected chi connectivity index (χ0v) is 17.3. The van der Waals surface area contributed by atoms with Crippen LogP contribution in [-0.2, 0) is 0 Å². The Bertz CT molecular complexity index is 494. The molecule has 1 aromatic rings. The monoisotopic (exact) mass is 447 g/mol. The molecule has 0 aromatic heterocycles. The minimum atomic E-state index is 0. The molecule has 1 heterocycles. The summed E-state index contributed by atoms with van der Waals surface area (Å²) in [7, 11) is 3.52. The summed E-state index contributed by atoms with van der Waals surface area (Å²) in [5, 5.41) is 3.44. The summed E-state index contributed by atoms with van der Waals surface area (Å²) in [5.41, 5.74) is 0. The number of guanidine groups is 1. The second-order valence-electron chi connectivity index (χ2n) is 6.04. The molecule has 0 aliphatic carbocycles. The molecule has 1 aromatic carbocycles. The van der Waals surface area contributed by atoms with Gasteiger partial charge < -0.3 is 19.7 Å². The molecule has 2 rings (SSSR count). The minimum absolute atomic E-state index is 0. The highest BCUT2D eigenvalue weighted by atomic mass is 127. The Morgan fingerprint density at radius 2 is 2.00 bits per heavy atom. The van der Waals surface area contributed by atoms with Crippen LogP contribution in [0.15, 0.2) is 29.3 Å². The van der Waals surface area contributed by atoms with Gasteiger partial charge in [0.05, 0.1) is 13.7 Å². The van der Waals surface area contributed by atoms with Crippen molar-refractivity contribution < 1.29 is 9.47 Å². The maximum Gasteiger partial charge on any atom is 0.193 e. The molecule has 1 aliphatic heterocycles. The molecule has 24 heavy (non-hydrogen) atoms. The number of methoxy groups -OCH3 is 1. The van der Waals surface area contributed by atoms with E-state index in [1.165, 1.54) is 12.8 Å². The van der Waals surface area contributed by atoms with E-state index in [9.17, 15) is 0 Å². The number of likely N-dealkylation sites (tertiary alicyclic amines) is 1. The normalized spacial score (nSPS) is 17.9. The van der Waals surface area contributed by atoms with Crippen LogP contribution in [0.2, 0.25) is 0 Å². The van der Waals surface area contributed by atoms with Gasteiger partial charge in [-0.1, -0.05) is 6.92 Å². The topological polar surface area (TPSA) is 46.1 Å². The molecule has 1 atom stereocenters. The van der Waals surface area contributed by atoms with E-state index in [1.54, 1.807) is 7.11 Å². The van der Waals surface area contributed by atoms with Crippen LogP contribution in [-0.4, -0.2) is 51.3 Å². The van der Waals surface area contributed by atoms with Gasteiger partial charge in [0.2, 0.25) is 0 Å². The molecule has 1 fully saturated rings. The van der Waals surface area contributed by atoms with Crippen molar-refractivity contribution in [2.45, 2.75) is 26.2 Å². The molecule has 0 radical (unpaired) electrons. The molecule has 136 valence electrons. The lowest BCUT2D eigenvalue weighted by Crippen LogP contribution is -2.46. The van der Waals surface area contributed by atoms with Gasteiger partial charge in [-0.3, -0.25) is 4.99 Å². The van der Waals surface area contributed by atoms with E-state index in [2.05, 4.69) is 22.1 Å². The van der Waals surface area contributed by atoms with Crippen molar-refractivity contribution in [1.29, 1.82) is 0 Å². The SMILES string of the molecule is CN=C(NCCCOc1ccc(OC)cc1)N1CCCC(C)C1.I. The van der Waals surface area contributed by atoms with Crippen molar-refractivity contribution >= 4 is 29.9 Å². The predicted molar refractivity (Wildman–Crippen MR) is 110 cm³/mol. The molecular formula is C18H30IN3O2. The van der Waals surface area contributed by atoms with E-state index < -0.39 is 0 Å². The van der Waals surface area contributed by atoms with Crippen molar-refractivity contribution in [3.8, 4) is 11.5 Å². The van der Waals surface area contributed by atoms with Gasteiger partial charge in [0.15, 0.2) is 5.96 Å². The fourth-order valence-electron chi connectivity index (χ4n) is 2.85. The lowest BCUT2D eigenvalue weighted by molar-refractivity contribution is 0.264. The van der Waals surface area contributed by atoms with E-state index in [0.717, 1.165) is 49.4 Å². The molecule has 1 aliphatic rings. The van der Waals surface area contributed by atoms with Crippen LogP contribution in [0.1, 0.15) is 26.2 Å². The van der Waals surface area contributed by atoms with Crippen LogP contribution in [0.25, 0.3) is 0 Å². The molecule has 5 nitrogen and oxygen atoms in total. The van der Waals surface area contributed by atoms with Gasteiger partial charge in [-0.2, -0.15) is 0 Å². The largest absolute Gasteiger partial charge is 0.497 e.